The number of amides is 1. The highest BCUT2D eigenvalue weighted by Gasteiger charge is 2.29. The number of hydrogen-bond acceptors (Lipinski definition) is 5. The van der Waals surface area contributed by atoms with Crippen molar-refractivity contribution in [3.05, 3.63) is 53.2 Å². The molecule has 3 aromatic rings. The number of aromatic nitrogens is 1. The quantitative estimate of drug-likeness (QED) is 0.427. The van der Waals surface area contributed by atoms with E-state index in [1.165, 1.54) is 18.4 Å². The zero-order valence-corrected chi connectivity index (χ0v) is 14.8. The van der Waals surface area contributed by atoms with Crippen LogP contribution in [0.1, 0.15) is 33.0 Å². The van der Waals surface area contributed by atoms with E-state index in [-0.39, 0.29) is 11.7 Å². The smallest absolute Gasteiger partial charge is 0.350 e. The SMILES string of the molecule is COC(=O)c1sc2ccccc2c1-n1cccc1C(=O)C(=O)NC1CC1. The fraction of sp³-hybridized carbons (Fsp3) is 0.211. The number of thiophene rings is 1. The minimum atomic E-state index is -0.619. The second-order valence-corrected chi connectivity index (χ2v) is 7.16. The number of nitrogens with zero attached hydrogens (tertiary/aromatic N) is 1. The van der Waals surface area contributed by atoms with Gasteiger partial charge in [-0.3, -0.25) is 9.59 Å². The van der Waals surface area contributed by atoms with Crippen molar-refractivity contribution in [2.45, 2.75) is 18.9 Å². The summed E-state index contributed by atoms with van der Waals surface area (Å²) in [6.07, 6.45) is 3.49. The van der Waals surface area contributed by atoms with Gasteiger partial charge in [-0.05, 0) is 31.0 Å². The Labute approximate surface area is 153 Å². The van der Waals surface area contributed by atoms with Crippen LogP contribution in [0.25, 0.3) is 15.8 Å². The third-order valence-electron chi connectivity index (χ3n) is 4.28. The molecule has 0 bridgehead atoms. The summed E-state index contributed by atoms with van der Waals surface area (Å²) in [5, 5.41) is 3.53. The van der Waals surface area contributed by atoms with Gasteiger partial charge in [0.2, 0.25) is 0 Å². The van der Waals surface area contributed by atoms with Crippen LogP contribution in [0.15, 0.2) is 42.6 Å². The highest BCUT2D eigenvalue weighted by Crippen LogP contribution is 2.35. The van der Waals surface area contributed by atoms with Gasteiger partial charge in [0.1, 0.15) is 4.88 Å². The molecule has 1 aliphatic carbocycles. The molecule has 1 fully saturated rings. The number of esters is 1. The molecule has 0 unspecified atom stereocenters. The zero-order chi connectivity index (χ0) is 18.3. The van der Waals surface area contributed by atoms with E-state index in [1.807, 2.05) is 24.3 Å². The van der Waals surface area contributed by atoms with Crippen LogP contribution in [0, 0.1) is 0 Å². The molecule has 1 saturated carbocycles. The van der Waals surface area contributed by atoms with E-state index in [0.29, 0.717) is 10.6 Å². The maximum Gasteiger partial charge on any atom is 0.350 e. The number of carbonyl (C=O) groups excluding carboxylic acids is 3. The Morgan fingerprint density at radius 1 is 1.15 bits per heavy atom. The van der Waals surface area contributed by atoms with Crippen LogP contribution in [0.3, 0.4) is 0 Å². The number of carbonyl (C=O) groups is 3. The van der Waals surface area contributed by atoms with Crippen LogP contribution < -0.4 is 5.32 Å². The molecule has 0 aliphatic heterocycles. The van der Waals surface area contributed by atoms with Crippen molar-refractivity contribution in [3.63, 3.8) is 0 Å². The number of rotatable bonds is 5. The van der Waals surface area contributed by atoms with E-state index in [9.17, 15) is 14.4 Å². The Bertz CT molecular complexity index is 1030. The Hall–Kier alpha value is -2.93. The maximum absolute atomic E-state index is 12.6. The van der Waals surface area contributed by atoms with Crippen LogP contribution >= 0.6 is 11.3 Å². The lowest BCUT2D eigenvalue weighted by Gasteiger charge is -2.10. The Kier molecular flexibility index (Phi) is 4.08. The maximum atomic E-state index is 12.6. The molecule has 1 N–H and O–H groups in total. The number of hydrogen-bond donors (Lipinski definition) is 1. The molecule has 7 heteroatoms. The first kappa shape index (κ1) is 16.5. The van der Waals surface area contributed by atoms with Gasteiger partial charge in [0.15, 0.2) is 0 Å². The van der Waals surface area contributed by atoms with Gasteiger partial charge in [-0.2, -0.15) is 0 Å². The number of fused-ring (bicyclic) bond motifs is 1. The predicted octanol–water partition coefficient (Wildman–Crippen LogP) is 2.94. The zero-order valence-electron chi connectivity index (χ0n) is 14.0. The molecule has 1 amide bonds. The molecule has 1 aliphatic rings. The first-order valence-electron chi connectivity index (χ1n) is 8.23. The van der Waals surface area contributed by atoms with E-state index in [1.54, 1.807) is 22.9 Å². The van der Waals surface area contributed by atoms with Crippen molar-refractivity contribution in [2.75, 3.05) is 7.11 Å². The summed E-state index contributed by atoms with van der Waals surface area (Å²) < 4.78 is 7.40. The minimum absolute atomic E-state index is 0.0995. The van der Waals surface area contributed by atoms with Crippen LogP contribution in [-0.4, -0.2) is 35.4 Å². The number of Topliss-reactive ketones (excluding diaryl/α,β-unsaturated/α-hetero) is 1. The lowest BCUT2D eigenvalue weighted by atomic mass is 10.2. The van der Waals surface area contributed by atoms with Gasteiger partial charge in [-0.15, -0.1) is 11.3 Å². The third kappa shape index (κ3) is 2.80. The lowest BCUT2D eigenvalue weighted by molar-refractivity contribution is -0.117. The molecule has 2 heterocycles. The molecular formula is C19H16N2O4S. The largest absolute Gasteiger partial charge is 0.465 e. The van der Waals surface area contributed by atoms with E-state index >= 15 is 0 Å². The molecule has 132 valence electrons. The number of nitrogens with one attached hydrogen (secondary N) is 1. The molecule has 6 nitrogen and oxygen atoms in total. The summed E-state index contributed by atoms with van der Waals surface area (Å²) in [6.45, 7) is 0. The van der Waals surface area contributed by atoms with E-state index in [0.717, 1.165) is 22.9 Å². The predicted molar refractivity (Wildman–Crippen MR) is 98.0 cm³/mol. The number of ether oxygens (including phenoxy) is 1. The van der Waals surface area contributed by atoms with Crippen molar-refractivity contribution in [2.24, 2.45) is 0 Å². The van der Waals surface area contributed by atoms with Gasteiger partial charge in [-0.1, -0.05) is 18.2 Å². The summed E-state index contributed by atoms with van der Waals surface area (Å²) in [6, 6.07) is 10.9. The fourth-order valence-electron chi connectivity index (χ4n) is 2.86. The summed E-state index contributed by atoms with van der Waals surface area (Å²) >= 11 is 1.30. The van der Waals surface area contributed by atoms with Crippen molar-refractivity contribution in [3.8, 4) is 5.69 Å². The van der Waals surface area contributed by atoms with Crippen LogP contribution in [0.5, 0.6) is 0 Å². The highest BCUT2D eigenvalue weighted by atomic mass is 32.1. The monoisotopic (exact) mass is 368 g/mol. The van der Waals surface area contributed by atoms with Gasteiger partial charge in [-0.25, -0.2) is 4.79 Å². The van der Waals surface area contributed by atoms with Crippen molar-refractivity contribution >= 4 is 39.1 Å². The lowest BCUT2D eigenvalue weighted by Crippen LogP contribution is -2.33. The third-order valence-corrected chi connectivity index (χ3v) is 5.42. The second kappa shape index (κ2) is 6.42. The molecule has 26 heavy (non-hydrogen) atoms. The molecule has 0 radical (unpaired) electrons. The normalized spacial score (nSPS) is 13.6. The topological polar surface area (TPSA) is 77.4 Å². The fourth-order valence-corrected chi connectivity index (χ4v) is 3.97. The Morgan fingerprint density at radius 3 is 2.65 bits per heavy atom. The first-order valence-corrected chi connectivity index (χ1v) is 9.04. The molecule has 1 aromatic carbocycles. The van der Waals surface area contributed by atoms with Gasteiger partial charge in [0, 0.05) is 22.3 Å². The Morgan fingerprint density at radius 2 is 1.92 bits per heavy atom. The molecule has 0 atom stereocenters. The number of benzene rings is 1. The van der Waals surface area contributed by atoms with Crippen LogP contribution in [-0.2, 0) is 9.53 Å². The molecule has 2 aromatic heterocycles. The van der Waals surface area contributed by atoms with Crippen molar-refractivity contribution < 1.29 is 19.1 Å². The summed E-state index contributed by atoms with van der Waals surface area (Å²) in [4.78, 5) is 37.5. The van der Waals surface area contributed by atoms with Gasteiger partial charge < -0.3 is 14.6 Å². The molecule has 0 spiro atoms. The average molecular weight is 368 g/mol. The summed E-state index contributed by atoms with van der Waals surface area (Å²) in [5.41, 5.74) is 0.780. The minimum Gasteiger partial charge on any atom is -0.465 e. The number of methoxy groups -OCH3 is 1. The van der Waals surface area contributed by atoms with Crippen molar-refractivity contribution in [1.29, 1.82) is 0 Å². The van der Waals surface area contributed by atoms with Gasteiger partial charge >= 0.3 is 5.97 Å². The first-order chi connectivity index (χ1) is 12.6. The summed E-state index contributed by atoms with van der Waals surface area (Å²) in [7, 11) is 1.32. The van der Waals surface area contributed by atoms with Crippen LogP contribution in [0.2, 0.25) is 0 Å². The second-order valence-electron chi connectivity index (χ2n) is 6.11. The number of ketones is 1. The standard InChI is InChI=1S/C19H16N2O4S/c1-25-19(24)17-15(12-5-2-3-7-14(12)26-17)21-10-4-6-13(21)16(22)18(23)20-11-8-9-11/h2-7,10-11H,8-9H2,1H3,(H,20,23). The van der Waals surface area contributed by atoms with E-state index in [4.69, 9.17) is 4.74 Å². The molecular weight excluding hydrogens is 352 g/mol. The molecule has 4 rings (SSSR count). The van der Waals surface area contributed by atoms with Gasteiger partial charge in [0.25, 0.3) is 11.7 Å². The van der Waals surface area contributed by atoms with Crippen LogP contribution in [0.4, 0.5) is 0 Å². The highest BCUT2D eigenvalue weighted by molar-refractivity contribution is 7.21. The van der Waals surface area contributed by atoms with E-state index < -0.39 is 17.7 Å². The molecule has 0 saturated heterocycles. The summed E-state index contributed by atoms with van der Waals surface area (Å²) in [5.74, 6) is -1.71. The van der Waals surface area contributed by atoms with E-state index in [2.05, 4.69) is 5.32 Å². The van der Waals surface area contributed by atoms with Gasteiger partial charge in [0.05, 0.1) is 18.5 Å². The average Bonchev–Trinajstić information content (AvgIpc) is 3.20. The van der Waals surface area contributed by atoms with Crippen molar-refractivity contribution in [1.82, 2.24) is 9.88 Å². The Balaban J connectivity index is 1.83.